The Labute approximate surface area is 177 Å². The predicted octanol–water partition coefficient (Wildman–Crippen LogP) is 3.11. The van der Waals surface area contributed by atoms with Crippen LogP contribution in [0.1, 0.15) is 0 Å². The van der Waals surface area contributed by atoms with E-state index >= 15 is 0 Å². The summed E-state index contributed by atoms with van der Waals surface area (Å²) in [6.07, 6.45) is 8.51. The summed E-state index contributed by atoms with van der Waals surface area (Å²) in [5.41, 5.74) is 0. The Kier molecular flexibility index (Phi) is 18.7. The van der Waals surface area contributed by atoms with E-state index in [1.54, 1.807) is 0 Å². The average Bonchev–Trinajstić information content (AvgIpc) is 2.45. The molecule has 0 N–H and O–H groups in total. The van der Waals surface area contributed by atoms with Crippen molar-refractivity contribution in [3.63, 3.8) is 0 Å². The van der Waals surface area contributed by atoms with E-state index in [1.165, 1.54) is 0 Å². The van der Waals surface area contributed by atoms with Gasteiger partial charge in [0.15, 0.2) is 0 Å². The van der Waals surface area contributed by atoms with Crippen molar-refractivity contribution >= 4 is 43.9 Å². The molecule has 0 aromatic heterocycles. The van der Waals surface area contributed by atoms with E-state index in [9.17, 15) is 0 Å². The molecule has 0 spiro atoms. The summed E-state index contributed by atoms with van der Waals surface area (Å²) >= 11 is -1.07. The third-order valence-corrected chi connectivity index (χ3v) is 11.5. The SMILES string of the molecule is C=P(N(C)C)(N(C)C)N(C)C.C=P(N(C)C)(N(C)C)N(C)C.[Cl][Cd][Cl]. The van der Waals surface area contributed by atoms with Gasteiger partial charge in [-0.25, -0.2) is 0 Å². The van der Waals surface area contributed by atoms with Gasteiger partial charge >= 0.3 is 38.4 Å². The van der Waals surface area contributed by atoms with Gasteiger partial charge < -0.3 is 0 Å². The molecule has 11 heteroatoms. The summed E-state index contributed by atoms with van der Waals surface area (Å²) in [6.45, 7) is 0. The van der Waals surface area contributed by atoms with Gasteiger partial charge in [-0.1, -0.05) is 12.6 Å². The van der Waals surface area contributed by atoms with Crippen LogP contribution < -0.4 is 0 Å². The van der Waals surface area contributed by atoms with E-state index in [4.69, 9.17) is 16.6 Å². The zero-order valence-corrected chi connectivity index (χ0v) is 25.8. The average molecular weight is 538 g/mol. The molecule has 0 amide bonds. The first kappa shape index (κ1) is 31.6. The molecule has 0 rings (SSSR count). The molecule has 152 valence electrons. The fourth-order valence-electron chi connectivity index (χ4n) is 2.15. The second-order valence-electron chi connectivity index (χ2n) is 6.57. The van der Waals surface area contributed by atoms with Crippen LogP contribution in [0.5, 0.6) is 0 Å². The molecule has 0 unspecified atom stereocenters. The molecule has 0 aliphatic carbocycles. The van der Waals surface area contributed by atoms with Gasteiger partial charge in [-0.05, 0) is 84.6 Å². The molecule has 6 nitrogen and oxygen atoms in total. The Morgan fingerprint density at radius 2 is 0.560 bits per heavy atom. The van der Waals surface area contributed by atoms with E-state index in [-0.39, 0.29) is 0 Å². The Balaban J connectivity index is -0.000000334. The number of halogens is 2. The van der Waals surface area contributed by atoms with Crippen molar-refractivity contribution in [2.45, 2.75) is 0 Å². The van der Waals surface area contributed by atoms with Crippen LogP contribution in [-0.2, 0) is 21.8 Å². The molecule has 0 saturated carbocycles. The van der Waals surface area contributed by atoms with E-state index < -0.39 is 36.5 Å². The van der Waals surface area contributed by atoms with Gasteiger partial charge in [0.1, 0.15) is 0 Å². The van der Waals surface area contributed by atoms with Crippen LogP contribution in [0.3, 0.4) is 0 Å². The third kappa shape index (κ3) is 10.3. The van der Waals surface area contributed by atoms with Gasteiger partial charge in [-0.15, -0.1) is 0 Å². The second kappa shape index (κ2) is 14.8. The molecule has 0 aromatic rings. The number of rotatable bonds is 6. The van der Waals surface area contributed by atoms with Crippen molar-refractivity contribution in [1.29, 1.82) is 0 Å². The Hall–Kier alpha value is 1.86. The fourth-order valence-corrected chi connectivity index (χ4v) is 6.44. The van der Waals surface area contributed by atoms with Crippen LogP contribution in [0, 0.1) is 0 Å². The van der Waals surface area contributed by atoms with Gasteiger partial charge in [0.2, 0.25) is 0 Å². The Bertz CT molecular complexity index is 336. The third-order valence-electron chi connectivity index (χ3n) is 3.84. The number of nitrogens with zero attached hydrogens (tertiary/aromatic N) is 6. The van der Waals surface area contributed by atoms with Crippen molar-refractivity contribution < 1.29 is 21.8 Å². The molecule has 25 heavy (non-hydrogen) atoms. The van der Waals surface area contributed by atoms with E-state index in [2.05, 4.69) is 125 Å². The number of hydrogen-bond acceptors (Lipinski definition) is 6. The van der Waals surface area contributed by atoms with Crippen LogP contribution in [0.4, 0.5) is 0 Å². The minimum absolute atomic E-state index is 1.07. The van der Waals surface area contributed by atoms with Crippen molar-refractivity contribution in [3.05, 3.63) is 0 Å². The first-order valence-electron chi connectivity index (χ1n) is 7.73. The standard InChI is InChI=1S/2C7H20N3P.Cd.2ClH/c2*1-8(2)11(7,9(3)4)10(5)6;;;/h2*7H2,1-6H3;;2*1H/q;;+2;;/p-2. The van der Waals surface area contributed by atoms with Gasteiger partial charge in [0.25, 0.3) is 0 Å². The van der Waals surface area contributed by atoms with E-state index in [1.807, 2.05) is 0 Å². The van der Waals surface area contributed by atoms with Crippen molar-refractivity contribution in [1.82, 2.24) is 28.0 Å². The summed E-state index contributed by atoms with van der Waals surface area (Å²) in [7, 11) is 31.9. The Morgan fingerprint density at radius 1 is 0.480 bits per heavy atom. The fraction of sp³-hybridized carbons (Fsp3) is 0.857. The van der Waals surface area contributed by atoms with Crippen LogP contribution >= 0.6 is 31.3 Å². The summed E-state index contributed by atoms with van der Waals surface area (Å²) in [5, 5.41) is 0. The molecule has 0 bridgehead atoms. The van der Waals surface area contributed by atoms with Gasteiger partial charge in [0, 0.05) is 0 Å². The topological polar surface area (TPSA) is 19.4 Å². The van der Waals surface area contributed by atoms with Gasteiger partial charge in [-0.2, -0.15) is 0 Å². The van der Waals surface area contributed by atoms with Crippen LogP contribution in [-0.4, -0.2) is 125 Å². The van der Waals surface area contributed by atoms with Crippen molar-refractivity contribution in [2.24, 2.45) is 0 Å². The molecular weight excluding hydrogens is 497 g/mol. The first-order valence-corrected chi connectivity index (χ1v) is 21.6. The molecular formula is C14H40CdCl2N6P2. The van der Waals surface area contributed by atoms with Crippen molar-refractivity contribution in [3.8, 4) is 0 Å². The van der Waals surface area contributed by atoms with Crippen LogP contribution in [0.15, 0.2) is 0 Å². The summed E-state index contributed by atoms with van der Waals surface area (Å²) in [6, 6.07) is 0. The number of hydrogen-bond donors (Lipinski definition) is 0. The molecule has 0 heterocycles. The predicted molar refractivity (Wildman–Crippen MR) is 122 cm³/mol. The normalized spacial score (nSPS) is 12.3. The molecule has 0 saturated heterocycles. The molecule has 0 aromatic carbocycles. The van der Waals surface area contributed by atoms with Crippen LogP contribution in [0.2, 0.25) is 0 Å². The molecule has 0 atom stereocenters. The summed E-state index contributed by atoms with van der Waals surface area (Å²) < 4.78 is 13.1. The van der Waals surface area contributed by atoms with Crippen LogP contribution in [0.25, 0.3) is 0 Å². The quantitative estimate of drug-likeness (QED) is 0.381. The molecule has 0 fully saturated rings. The van der Waals surface area contributed by atoms with E-state index in [0.29, 0.717) is 0 Å². The molecule has 0 aliphatic heterocycles. The zero-order chi connectivity index (χ0) is 21.2. The second-order valence-corrected chi connectivity index (χ2v) is 20.1. The maximum atomic E-state index is 4.97. The summed E-state index contributed by atoms with van der Waals surface area (Å²) in [5.74, 6) is 0. The Morgan fingerprint density at radius 3 is 0.560 bits per heavy atom. The van der Waals surface area contributed by atoms with Gasteiger partial charge in [0.05, 0.1) is 14.7 Å². The van der Waals surface area contributed by atoms with E-state index in [0.717, 1.165) is 0 Å². The molecule has 0 radical (unpaired) electrons. The first-order chi connectivity index (χ1) is 11.1. The summed E-state index contributed by atoms with van der Waals surface area (Å²) in [4.78, 5) is 0. The maximum absolute atomic E-state index is 4.97. The van der Waals surface area contributed by atoms with Crippen molar-refractivity contribution in [2.75, 3.05) is 84.6 Å². The minimum atomic E-state index is -1.44. The monoisotopic (exact) mass is 538 g/mol. The van der Waals surface area contributed by atoms with Gasteiger partial charge in [-0.3, -0.25) is 28.0 Å². The molecule has 0 aliphatic rings. The zero-order valence-electron chi connectivity index (χ0n) is 18.5.